The molecule has 0 N–H and O–H groups in total. The van der Waals surface area contributed by atoms with Gasteiger partial charge in [0, 0.05) is 24.3 Å². The summed E-state index contributed by atoms with van der Waals surface area (Å²) in [5, 5.41) is 21.4. The fraction of sp³-hybridized carbons (Fsp3) is 0.207. The van der Waals surface area contributed by atoms with E-state index in [1.807, 2.05) is 84.7 Å². The molecule has 6 rings (SSSR count). The lowest BCUT2D eigenvalue weighted by Gasteiger charge is -2.47. The number of amides is 1. The topological polar surface area (TPSA) is 71.1 Å². The molecule has 0 bridgehead atoms. The Kier molecular flexibility index (Phi) is 4.00. The first kappa shape index (κ1) is 20.4. The normalized spacial score (nSPS) is 22.8. The number of carbonyl (C=O) groups excluding carboxylic acids is 1. The summed E-state index contributed by atoms with van der Waals surface area (Å²) in [5.41, 5.74) is 1.30. The predicted molar refractivity (Wildman–Crippen MR) is 130 cm³/mol. The molecule has 164 valence electrons. The molecule has 0 aromatic heterocycles. The van der Waals surface area contributed by atoms with Crippen LogP contribution in [0.25, 0.3) is 11.1 Å². The molecule has 0 saturated carbocycles. The summed E-state index contributed by atoms with van der Waals surface area (Å²) >= 11 is 0. The number of likely N-dealkylation sites (N-methyl/N-ethyl adjacent to an activating group) is 1. The molecule has 0 radical (unpaired) electrons. The van der Waals surface area contributed by atoms with Gasteiger partial charge in [0.15, 0.2) is 5.41 Å². The van der Waals surface area contributed by atoms with Crippen LogP contribution in [0.3, 0.4) is 0 Å². The number of benzene rings is 3. The van der Waals surface area contributed by atoms with Crippen LogP contribution in [0.4, 0.5) is 5.69 Å². The van der Waals surface area contributed by atoms with Gasteiger partial charge in [-0.1, -0.05) is 72.8 Å². The highest BCUT2D eigenvalue weighted by atomic mass is 16.2. The van der Waals surface area contributed by atoms with Crippen molar-refractivity contribution in [1.29, 1.82) is 10.5 Å². The lowest BCUT2D eigenvalue weighted by molar-refractivity contribution is -0.130. The van der Waals surface area contributed by atoms with Gasteiger partial charge in [0.2, 0.25) is 0 Å². The molecule has 3 aromatic rings. The molecule has 5 heteroatoms. The standard InChI is InChI=1S/C29H22N4O/c1-3-16-33-25-15-9-8-14-24(25)29(26(33)34)28(27(17-30,18-31)19-32(29)2)22-12-6-4-10-20(22)21-11-5-7-13-23(21)28/h3-15H,1,16,19H2,2H3/t29-/m0/s1. The van der Waals surface area contributed by atoms with Gasteiger partial charge in [-0.25, -0.2) is 0 Å². The lowest BCUT2D eigenvalue weighted by atomic mass is 9.52. The highest BCUT2D eigenvalue weighted by Crippen LogP contribution is 2.72. The van der Waals surface area contributed by atoms with Crippen molar-refractivity contribution in [1.82, 2.24) is 4.90 Å². The van der Waals surface area contributed by atoms with Gasteiger partial charge in [-0.2, -0.15) is 10.5 Å². The molecule has 1 fully saturated rings. The third-order valence-corrected chi connectivity index (χ3v) is 8.01. The number of rotatable bonds is 2. The molecule has 1 saturated heterocycles. The minimum Gasteiger partial charge on any atom is -0.306 e. The van der Waals surface area contributed by atoms with E-state index in [9.17, 15) is 15.3 Å². The average Bonchev–Trinajstić information content (AvgIpc) is 3.41. The van der Waals surface area contributed by atoms with Crippen molar-refractivity contribution >= 4 is 11.6 Å². The molecular formula is C29H22N4O. The number of para-hydroxylation sites is 1. The molecular weight excluding hydrogens is 420 g/mol. The fourth-order valence-electron chi connectivity index (χ4n) is 7.01. The highest BCUT2D eigenvalue weighted by Gasteiger charge is 2.80. The van der Waals surface area contributed by atoms with Crippen LogP contribution in [0.5, 0.6) is 0 Å². The summed E-state index contributed by atoms with van der Waals surface area (Å²) in [5.74, 6) is -0.130. The number of likely N-dealkylation sites (tertiary alicyclic amines) is 1. The summed E-state index contributed by atoms with van der Waals surface area (Å²) < 4.78 is 0. The monoisotopic (exact) mass is 442 g/mol. The number of hydrogen-bond acceptors (Lipinski definition) is 4. The fourth-order valence-corrected chi connectivity index (χ4v) is 7.01. The maximum absolute atomic E-state index is 14.7. The molecule has 3 aliphatic rings. The van der Waals surface area contributed by atoms with Crippen LogP contribution >= 0.6 is 0 Å². The molecule has 2 heterocycles. The van der Waals surface area contributed by atoms with Crippen molar-refractivity contribution in [2.75, 3.05) is 25.0 Å². The van der Waals surface area contributed by atoms with E-state index in [2.05, 4.69) is 18.7 Å². The van der Waals surface area contributed by atoms with Gasteiger partial charge in [-0.3, -0.25) is 9.69 Å². The maximum atomic E-state index is 14.7. The van der Waals surface area contributed by atoms with Gasteiger partial charge in [0.1, 0.15) is 5.54 Å². The Balaban J connectivity index is 1.87. The van der Waals surface area contributed by atoms with E-state index < -0.39 is 16.4 Å². The van der Waals surface area contributed by atoms with Gasteiger partial charge in [0.05, 0.1) is 17.6 Å². The number of fused-ring (bicyclic) bond motifs is 8. The molecule has 3 aromatic carbocycles. The predicted octanol–water partition coefficient (Wildman–Crippen LogP) is 4.36. The van der Waals surface area contributed by atoms with E-state index >= 15 is 0 Å². The van der Waals surface area contributed by atoms with Gasteiger partial charge in [-0.05, 0) is 35.4 Å². The van der Waals surface area contributed by atoms with E-state index in [1.54, 1.807) is 11.0 Å². The number of anilines is 1. The number of nitriles is 2. The van der Waals surface area contributed by atoms with Crippen molar-refractivity contribution in [3.63, 3.8) is 0 Å². The Bertz CT molecular complexity index is 1420. The molecule has 1 amide bonds. The third kappa shape index (κ3) is 1.89. The first-order valence-corrected chi connectivity index (χ1v) is 11.3. The van der Waals surface area contributed by atoms with Crippen LogP contribution in [0.1, 0.15) is 16.7 Å². The van der Waals surface area contributed by atoms with E-state index in [-0.39, 0.29) is 12.5 Å². The second kappa shape index (κ2) is 6.67. The minimum absolute atomic E-state index is 0.130. The first-order valence-electron chi connectivity index (χ1n) is 11.3. The van der Waals surface area contributed by atoms with Crippen molar-refractivity contribution < 1.29 is 4.79 Å². The lowest BCUT2D eigenvalue weighted by Crippen LogP contribution is -2.61. The van der Waals surface area contributed by atoms with E-state index in [4.69, 9.17) is 0 Å². The second-order valence-corrected chi connectivity index (χ2v) is 9.26. The van der Waals surface area contributed by atoms with Crippen LogP contribution in [0, 0.1) is 28.1 Å². The van der Waals surface area contributed by atoms with Gasteiger partial charge in [0.25, 0.3) is 5.91 Å². The smallest absolute Gasteiger partial charge is 0.253 e. The summed E-state index contributed by atoms with van der Waals surface area (Å²) in [6.07, 6.45) is 1.72. The molecule has 1 aliphatic carbocycles. The van der Waals surface area contributed by atoms with Crippen LogP contribution in [0.15, 0.2) is 85.5 Å². The zero-order chi connectivity index (χ0) is 23.7. The maximum Gasteiger partial charge on any atom is 0.253 e. The molecule has 2 spiro atoms. The summed E-state index contributed by atoms with van der Waals surface area (Å²) in [7, 11) is 1.87. The SMILES string of the molecule is C=CCN1C(=O)[C@]2(c3ccccc31)N(C)CC(C#N)(C#N)C21c2ccccc2-c2ccccc21. The Morgan fingerprint density at radius 2 is 1.44 bits per heavy atom. The average molecular weight is 443 g/mol. The molecule has 0 unspecified atom stereocenters. The Labute approximate surface area is 198 Å². The summed E-state index contributed by atoms with van der Waals surface area (Å²) in [4.78, 5) is 18.4. The van der Waals surface area contributed by atoms with Crippen molar-refractivity contribution in [3.05, 3.63) is 102 Å². The van der Waals surface area contributed by atoms with Gasteiger partial charge >= 0.3 is 0 Å². The van der Waals surface area contributed by atoms with Crippen LogP contribution in [-0.2, 0) is 15.7 Å². The second-order valence-electron chi connectivity index (χ2n) is 9.26. The van der Waals surface area contributed by atoms with E-state index in [0.717, 1.165) is 33.5 Å². The van der Waals surface area contributed by atoms with Crippen LogP contribution in [0.2, 0.25) is 0 Å². The van der Waals surface area contributed by atoms with Crippen LogP contribution < -0.4 is 4.90 Å². The molecule has 1 atom stereocenters. The zero-order valence-corrected chi connectivity index (χ0v) is 18.8. The van der Waals surface area contributed by atoms with Crippen molar-refractivity contribution in [3.8, 4) is 23.3 Å². The zero-order valence-electron chi connectivity index (χ0n) is 18.8. The number of nitrogens with zero attached hydrogens (tertiary/aromatic N) is 4. The van der Waals surface area contributed by atoms with Gasteiger partial charge < -0.3 is 4.90 Å². The van der Waals surface area contributed by atoms with E-state index in [1.165, 1.54) is 0 Å². The van der Waals surface area contributed by atoms with Crippen molar-refractivity contribution in [2.24, 2.45) is 5.41 Å². The quantitative estimate of drug-likeness (QED) is 0.553. The van der Waals surface area contributed by atoms with Crippen molar-refractivity contribution in [2.45, 2.75) is 11.0 Å². The summed E-state index contributed by atoms with van der Waals surface area (Å²) in [6.45, 7) is 4.36. The Morgan fingerprint density at radius 1 is 0.912 bits per heavy atom. The van der Waals surface area contributed by atoms with E-state index in [0.29, 0.717) is 6.54 Å². The van der Waals surface area contributed by atoms with Crippen LogP contribution in [-0.4, -0.2) is 30.9 Å². The highest BCUT2D eigenvalue weighted by molar-refractivity contribution is 6.11. The third-order valence-electron chi connectivity index (χ3n) is 8.01. The Morgan fingerprint density at radius 3 is 2.00 bits per heavy atom. The molecule has 34 heavy (non-hydrogen) atoms. The first-order chi connectivity index (χ1) is 16.5. The number of hydrogen-bond donors (Lipinski definition) is 0. The Hall–Kier alpha value is -4.19. The summed E-state index contributed by atoms with van der Waals surface area (Å²) in [6, 6.07) is 28.5. The minimum atomic E-state index is -1.49. The van der Waals surface area contributed by atoms with Gasteiger partial charge in [-0.15, -0.1) is 6.58 Å². The number of carbonyl (C=O) groups is 1. The molecule has 2 aliphatic heterocycles. The molecule has 5 nitrogen and oxygen atoms in total. The largest absolute Gasteiger partial charge is 0.306 e.